The van der Waals surface area contributed by atoms with Gasteiger partial charge in [0.2, 0.25) is 10.0 Å². The maximum Gasteiger partial charge on any atom is 0.264 e. The van der Waals surface area contributed by atoms with Gasteiger partial charge in [-0.25, -0.2) is 13.1 Å². The van der Waals surface area contributed by atoms with Crippen LogP contribution < -0.4 is 14.4 Å². The molecule has 1 amide bonds. The van der Waals surface area contributed by atoms with E-state index in [4.69, 9.17) is 32.2 Å². The number of aryl methyl sites for hydroxylation is 1. The molecule has 6 atom stereocenters. The Hall–Kier alpha value is -3.07. The first-order valence-corrected chi connectivity index (χ1v) is 20.4. The molecule has 3 heterocycles. The first-order valence-electron chi connectivity index (χ1n) is 18.5. The van der Waals surface area contributed by atoms with Crippen molar-refractivity contribution in [1.82, 2.24) is 9.62 Å². The van der Waals surface area contributed by atoms with Gasteiger partial charge in [-0.2, -0.15) is 0 Å². The molecule has 2 bridgehead atoms. The minimum atomic E-state index is -3.98. The van der Waals surface area contributed by atoms with Gasteiger partial charge in [0.15, 0.2) is 0 Å². The van der Waals surface area contributed by atoms with Crippen molar-refractivity contribution in [3.63, 3.8) is 0 Å². The molecule has 0 aromatic heterocycles. The summed E-state index contributed by atoms with van der Waals surface area (Å²) >= 11 is 6.47. The first kappa shape index (κ1) is 36.3. The molecular weight excluding hydrogens is 686 g/mol. The molecule has 1 N–H and O–H groups in total. The molecule has 7 rings (SSSR count). The van der Waals surface area contributed by atoms with Crippen LogP contribution in [0.25, 0.3) is 0 Å². The monoisotopic (exact) mass is 735 g/mol. The lowest BCUT2D eigenvalue weighted by Gasteiger charge is -2.49. The molecule has 2 aromatic carbocycles. The number of carbonyl (C=O) groups excluding carboxylic acids is 1. The Balaban J connectivity index is 1.28. The fourth-order valence-electron chi connectivity index (χ4n) is 8.77. The number of morpholine rings is 1. The molecule has 9 nitrogen and oxygen atoms in total. The van der Waals surface area contributed by atoms with Crippen LogP contribution in [0, 0.1) is 30.1 Å². The highest BCUT2D eigenvalue weighted by atomic mass is 35.5. The number of allylic oxidation sites excluding steroid dienone is 1. The molecule has 1 spiro atoms. The Labute approximate surface area is 308 Å². The van der Waals surface area contributed by atoms with Crippen molar-refractivity contribution in [2.45, 2.75) is 68.6 Å². The number of benzene rings is 2. The molecule has 2 aromatic rings. The summed E-state index contributed by atoms with van der Waals surface area (Å²) in [6.07, 6.45) is 15.8. The molecule has 1 saturated heterocycles. The molecule has 1 saturated carbocycles. The molecule has 0 radical (unpaired) electrons. The van der Waals surface area contributed by atoms with Crippen LogP contribution in [0.15, 0.2) is 48.6 Å². The minimum Gasteiger partial charge on any atom is -0.490 e. The second kappa shape index (κ2) is 14.7. The number of ether oxygens (including phenoxy) is 3. The molecule has 2 aliphatic carbocycles. The Morgan fingerprint density at radius 1 is 1.14 bits per heavy atom. The van der Waals surface area contributed by atoms with Gasteiger partial charge in [-0.05, 0) is 105 Å². The summed E-state index contributed by atoms with van der Waals surface area (Å²) < 4.78 is 48.4. The number of nitrogens with one attached hydrogen (secondary N) is 1. The smallest absolute Gasteiger partial charge is 0.264 e. The quantitative estimate of drug-likeness (QED) is 0.320. The number of amides is 1. The molecule has 11 heteroatoms. The predicted octanol–water partition coefficient (Wildman–Crippen LogP) is 5.60. The number of fused-ring (bicyclic) bond motifs is 4. The SMILES string of the molecule is C#C[C@]1(OCCN2CCOCC2)/C=C\C[C@H](C)[C@@H](C)S(=O)(=O)NC(=O)c2ccc3c(c2)N(C[C@@H]2CC[C@H]21)C[C@@]1(CCCc2cc(Cl)ccc21)CO3. The summed E-state index contributed by atoms with van der Waals surface area (Å²) in [5, 5.41) is -0.0918. The van der Waals surface area contributed by atoms with Crippen LogP contribution in [0.2, 0.25) is 5.02 Å². The lowest BCUT2D eigenvalue weighted by molar-refractivity contribution is -0.0703. The second-order valence-corrected chi connectivity index (χ2v) is 17.7. The van der Waals surface area contributed by atoms with Gasteiger partial charge in [0.05, 0.1) is 37.4 Å². The van der Waals surface area contributed by atoms with Crippen molar-refractivity contribution < 1.29 is 27.4 Å². The van der Waals surface area contributed by atoms with Crippen molar-refractivity contribution >= 4 is 33.2 Å². The van der Waals surface area contributed by atoms with Gasteiger partial charge in [-0.1, -0.05) is 36.6 Å². The molecule has 3 aliphatic heterocycles. The number of hydrogen-bond acceptors (Lipinski definition) is 8. The summed E-state index contributed by atoms with van der Waals surface area (Å²) in [7, 11) is -3.98. The third-order valence-electron chi connectivity index (χ3n) is 12.2. The number of terminal acetylenes is 1. The van der Waals surface area contributed by atoms with Gasteiger partial charge in [0.1, 0.15) is 11.4 Å². The van der Waals surface area contributed by atoms with Crippen LogP contribution >= 0.6 is 11.6 Å². The second-order valence-electron chi connectivity index (χ2n) is 15.3. The maximum atomic E-state index is 13.6. The Morgan fingerprint density at radius 3 is 2.73 bits per heavy atom. The average Bonchev–Trinajstić information content (AvgIpc) is 3.26. The van der Waals surface area contributed by atoms with Crippen LogP contribution in [0.1, 0.15) is 67.4 Å². The van der Waals surface area contributed by atoms with E-state index in [0.29, 0.717) is 51.7 Å². The van der Waals surface area contributed by atoms with E-state index >= 15 is 0 Å². The van der Waals surface area contributed by atoms with E-state index in [0.717, 1.165) is 62.4 Å². The Bertz CT molecular complexity index is 1810. The molecule has 274 valence electrons. The Kier molecular flexibility index (Phi) is 10.5. The summed E-state index contributed by atoms with van der Waals surface area (Å²) in [6.45, 7) is 9.77. The fourth-order valence-corrected chi connectivity index (χ4v) is 10.3. The lowest BCUT2D eigenvalue weighted by atomic mass is 9.64. The number of nitrogens with zero attached hydrogens (tertiary/aromatic N) is 2. The predicted molar refractivity (Wildman–Crippen MR) is 200 cm³/mol. The average molecular weight is 736 g/mol. The van der Waals surface area contributed by atoms with Crippen molar-refractivity contribution in [2.75, 3.05) is 64.1 Å². The number of anilines is 1. The van der Waals surface area contributed by atoms with E-state index < -0.39 is 26.8 Å². The molecule has 5 aliphatic rings. The highest BCUT2D eigenvalue weighted by Gasteiger charge is 2.49. The third-order valence-corrected chi connectivity index (χ3v) is 14.3. The number of sulfonamides is 1. The first-order chi connectivity index (χ1) is 24.5. The minimum absolute atomic E-state index is 0.0558. The summed E-state index contributed by atoms with van der Waals surface area (Å²) in [6, 6.07) is 11.5. The zero-order valence-corrected chi connectivity index (χ0v) is 31.3. The summed E-state index contributed by atoms with van der Waals surface area (Å²) in [5.41, 5.74) is 2.32. The maximum absolute atomic E-state index is 13.6. The standard InChI is InChI=1S/C40H50ClN3O6S/c1-4-40(50-22-19-43-17-20-48-21-18-43)16-5-7-28(2)29(3)51(46,47)42-38(45)31-10-14-37-36(24-31)44(25-32-9-12-35(32)40)26-39(27-49-37)15-6-8-30-23-33(41)11-13-34(30)39/h1,5,10-11,13-14,16,23-24,28-29,32,35H,6-9,12,15,17-22,25-27H2,2-3H3,(H,42,45)/b16-5-/t28-,29+,32-,35+,39-,40-/m0/s1. The van der Waals surface area contributed by atoms with Crippen LogP contribution in [-0.2, 0) is 31.3 Å². The van der Waals surface area contributed by atoms with E-state index in [1.54, 1.807) is 19.1 Å². The van der Waals surface area contributed by atoms with Gasteiger partial charge >= 0.3 is 0 Å². The normalized spacial score (nSPS) is 33.0. The van der Waals surface area contributed by atoms with E-state index in [1.165, 1.54) is 11.1 Å². The molecule has 2 fully saturated rings. The lowest BCUT2D eigenvalue weighted by Crippen LogP contribution is -2.53. The number of hydrogen-bond donors (Lipinski definition) is 1. The van der Waals surface area contributed by atoms with Gasteiger partial charge in [-0.15, -0.1) is 6.42 Å². The molecule has 51 heavy (non-hydrogen) atoms. The van der Waals surface area contributed by atoms with E-state index in [-0.39, 0.29) is 28.7 Å². The van der Waals surface area contributed by atoms with E-state index in [1.807, 2.05) is 31.2 Å². The summed E-state index contributed by atoms with van der Waals surface area (Å²) in [4.78, 5) is 18.3. The third kappa shape index (κ3) is 7.30. The van der Waals surface area contributed by atoms with Gasteiger partial charge < -0.3 is 19.1 Å². The molecular formula is C40H50ClN3O6S. The topological polar surface area (TPSA) is 97.4 Å². The number of halogens is 1. The Morgan fingerprint density at radius 2 is 1.96 bits per heavy atom. The van der Waals surface area contributed by atoms with Gasteiger partial charge in [0, 0.05) is 54.6 Å². The van der Waals surface area contributed by atoms with Crippen LogP contribution in [0.3, 0.4) is 0 Å². The molecule has 0 unspecified atom stereocenters. The summed E-state index contributed by atoms with van der Waals surface area (Å²) in [5.74, 6) is 3.14. The van der Waals surface area contributed by atoms with Crippen LogP contribution in [0.5, 0.6) is 5.75 Å². The highest BCUT2D eigenvalue weighted by molar-refractivity contribution is 7.90. The zero-order valence-electron chi connectivity index (χ0n) is 29.7. The zero-order chi connectivity index (χ0) is 35.8. The van der Waals surface area contributed by atoms with Crippen LogP contribution in [0.4, 0.5) is 5.69 Å². The van der Waals surface area contributed by atoms with Crippen molar-refractivity contribution in [3.05, 3.63) is 70.3 Å². The van der Waals surface area contributed by atoms with Crippen molar-refractivity contribution in [3.8, 4) is 18.1 Å². The van der Waals surface area contributed by atoms with Gasteiger partial charge in [0.25, 0.3) is 5.91 Å². The number of carbonyl (C=O) groups is 1. The van der Waals surface area contributed by atoms with E-state index in [9.17, 15) is 13.2 Å². The largest absolute Gasteiger partial charge is 0.490 e. The van der Waals surface area contributed by atoms with Crippen molar-refractivity contribution in [1.29, 1.82) is 0 Å². The van der Waals surface area contributed by atoms with Gasteiger partial charge in [-0.3, -0.25) is 9.69 Å². The van der Waals surface area contributed by atoms with E-state index in [2.05, 4.69) is 32.6 Å². The highest BCUT2D eigenvalue weighted by Crippen LogP contribution is 2.49. The van der Waals surface area contributed by atoms with Crippen molar-refractivity contribution in [2.24, 2.45) is 17.8 Å². The van der Waals surface area contributed by atoms with Crippen LogP contribution in [-0.4, -0.2) is 89.2 Å². The fraction of sp³-hybridized carbons (Fsp3) is 0.575. The number of rotatable bonds is 4.